The molecule has 0 saturated carbocycles. The van der Waals surface area contributed by atoms with Gasteiger partial charge in [-0.15, -0.1) is 0 Å². The Kier molecular flexibility index (Phi) is 4.15. The van der Waals surface area contributed by atoms with Crippen LogP contribution in [-0.2, 0) is 4.79 Å². The number of benzene rings is 3. The van der Waals surface area contributed by atoms with Crippen LogP contribution in [0, 0.1) is 0 Å². The van der Waals surface area contributed by atoms with E-state index in [1.165, 1.54) is 0 Å². The second-order valence-corrected chi connectivity index (χ2v) is 5.86. The average Bonchev–Trinajstić information content (AvgIpc) is 3.17. The fraction of sp³-hybridized carbons (Fsp3) is 0.0455. The number of para-hydroxylation sites is 2. The van der Waals surface area contributed by atoms with Crippen molar-refractivity contribution in [1.82, 2.24) is 0 Å². The van der Waals surface area contributed by atoms with E-state index in [1.807, 2.05) is 66.7 Å². The van der Waals surface area contributed by atoms with Crippen molar-refractivity contribution in [1.29, 1.82) is 0 Å². The van der Waals surface area contributed by atoms with E-state index in [-0.39, 0.29) is 12.7 Å². The number of hydrogen-bond acceptors (Lipinski definition) is 3. The maximum absolute atomic E-state index is 13.3. The summed E-state index contributed by atoms with van der Waals surface area (Å²) < 4.78 is 10.7. The van der Waals surface area contributed by atoms with E-state index >= 15 is 0 Å². The van der Waals surface area contributed by atoms with Crippen LogP contribution in [0.2, 0.25) is 0 Å². The van der Waals surface area contributed by atoms with Crippen molar-refractivity contribution >= 4 is 22.9 Å². The number of anilines is 2. The number of carbonyl (C=O) groups excluding carboxylic acids is 1. The second kappa shape index (κ2) is 6.76. The van der Waals surface area contributed by atoms with E-state index in [0.717, 1.165) is 11.4 Å². The molecule has 0 N–H and O–H groups in total. The molecule has 1 aliphatic rings. The molecule has 0 atom stereocenters. The number of hydrogen-bond donors (Lipinski definition) is 0. The Bertz CT molecular complexity index is 912. The van der Waals surface area contributed by atoms with Gasteiger partial charge in [-0.1, -0.05) is 49.0 Å². The lowest BCUT2D eigenvalue weighted by molar-refractivity contribution is -0.112. The predicted octanol–water partition coefficient (Wildman–Crippen LogP) is 4.79. The summed E-state index contributed by atoms with van der Waals surface area (Å²) in [5.41, 5.74) is 2.66. The van der Waals surface area contributed by atoms with E-state index < -0.39 is 0 Å². The number of amides is 1. The monoisotopic (exact) mass is 343 g/mol. The number of fused-ring (bicyclic) bond motifs is 1. The van der Waals surface area contributed by atoms with Crippen LogP contribution in [0.3, 0.4) is 0 Å². The van der Waals surface area contributed by atoms with Crippen molar-refractivity contribution < 1.29 is 14.3 Å². The van der Waals surface area contributed by atoms with Gasteiger partial charge in [0, 0.05) is 16.9 Å². The normalized spacial score (nSPS) is 11.8. The Balaban J connectivity index is 1.71. The molecule has 0 radical (unpaired) electrons. The molecule has 0 spiro atoms. The van der Waals surface area contributed by atoms with Crippen LogP contribution in [0.4, 0.5) is 11.4 Å². The highest BCUT2D eigenvalue weighted by atomic mass is 16.7. The number of nitrogens with zero attached hydrogens (tertiary/aromatic N) is 1. The van der Waals surface area contributed by atoms with Crippen LogP contribution in [0.15, 0.2) is 85.4 Å². The first-order valence-electron chi connectivity index (χ1n) is 8.27. The van der Waals surface area contributed by atoms with Crippen LogP contribution in [-0.4, -0.2) is 12.7 Å². The van der Waals surface area contributed by atoms with Gasteiger partial charge < -0.3 is 9.47 Å². The van der Waals surface area contributed by atoms with Gasteiger partial charge in [-0.05, 0) is 42.0 Å². The van der Waals surface area contributed by atoms with E-state index in [2.05, 4.69) is 6.58 Å². The lowest BCUT2D eigenvalue weighted by Gasteiger charge is -2.24. The quantitative estimate of drug-likeness (QED) is 0.639. The molecule has 1 amide bonds. The maximum atomic E-state index is 13.3. The molecular weight excluding hydrogens is 326 g/mol. The molecule has 4 nitrogen and oxygen atoms in total. The van der Waals surface area contributed by atoms with E-state index in [1.54, 1.807) is 17.0 Å². The molecule has 0 aliphatic carbocycles. The summed E-state index contributed by atoms with van der Waals surface area (Å²) in [5, 5.41) is 0. The first-order valence-corrected chi connectivity index (χ1v) is 8.27. The standard InChI is InChI=1S/C22H17NO3/c1-16(17-12-13-20-21(14-17)26-15-25-20)22(24)23(18-8-4-2-5-9-18)19-10-6-3-7-11-19/h2-14H,1,15H2. The average molecular weight is 343 g/mol. The van der Waals surface area contributed by atoms with E-state index in [4.69, 9.17) is 9.47 Å². The Hall–Kier alpha value is -3.53. The molecule has 0 bridgehead atoms. The van der Waals surface area contributed by atoms with Crippen LogP contribution in [0.25, 0.3) is 5.57 Å². The molecular formula is C22H17NO3. The summed E-state index contributed by atoms with van der Waals surface area (Å²) in [7, 11) is 0. The van der Waals surface area contributed by atoms with E-state index in [0.29, 0.717) is 22.6 Å². The van der Waals surface area contributed by atoms with Crippen LogP contribution < -0.4 is 14.4 Å². The topological polar surface area (TPSA) is 38.8 Å². The summed E-state index contributed by atoms with van der Waals surface area (Å²) in [6.07, 6.45) is 0. The third kappa shape index (κ3) is 2.93. The first kappa shape index (κ1) is 16.0. The van der Waals surface area contributed by atoms with Crippen molar-refractivity contribution in [2.45, 2.75) is 0 Å². The third-order valence-electron chi connectivity index (χ3n) is 4.21. The minimum absolute atomic E-state index is 0.193. The maximum Gasteiger partial charge on any atom is 0.262 e. The molecule has 128 valence electrons. The molecule has 3 aromatic carbocycles. The molecule has 0 fully saturated rings. The zero-order valence-corrected chi connectivity index (χ0v) is 14.1. The van der Waals surface area contributed by atoms with Crippen LogP contribution in [0.1, 0.15) is 5.56 Å². The zero-order chi connectivity index (χ0) is 17.9. The molecule has 0 saturated heterocycles. The van der Waals surface area contributed by atoms with Gasteiger partial charge in [-0.2, -0.15) is 0 Å². The Labute approximate surface area is 151 Å². The molecule has 0 aromatic heterocycles. The minimum Gasteiger partial charge on any atom is -0.454 e. The predicted molar refractivity (Wildman–Crippen MR) is 102 cm³/mol. The van der Waals surface area contributed by atoms with Crippen molar-refractivity contribution in [3.8, 4) is 11.5 Å². The van der Waals surface area contributed by atoms with Gasteiger partial charge in [-0.25, -0.2) is 0 Å². The molecule has 1 heterocycles. The zero-order valence-electron chi connectivity index (χ0n) is 14.1. The number of carbonyl (C=O) groups is 1. The molecule has 1 aliphatic heterocycles. The van der Waals surface area contributed by atoms with E-state index in [9.17, 15) is 4.79 Å². The molecule has 0 unspecified atom stereocenters. The van der Waals surface area contributed by atoms with Gasteiger partial charge in [0.25, 0.3) is 5.91 Å². The summed E-state index contributed by atoms with van der Waals surface area (Å²) in [6.45, 7) is 4.23. The largest absolute Gasteiger partial charge is 0.454 e. The van der Waals surface area contributed by atoms with Crippen LogP contribution >= 0.6 is 0 Å². The van der Waals surface area contributed by atoms with Gasteiger partial charge in [0.05, 0.1) is 0 Å². The second-order valence-electron chi connectivity index (χ2n) is 5.86. The summed E-state index contributed by atoms with van der Waals surface area (Å²) >= 11 is 0. The third-order valence-corrected chi connectivity index (χ3v) is 4.21. The molecule has 4 heteroatoms. The number of rotatable bonds is 4. The molecule has 3 aromatic rings. The van der Waals surface area contributed by atoms with Gasteiger partial charge >= 0.3 is 0 Å². The highest BCUT2D eigenvalue weighted by Gasteiger charge is 2.23. The summed E-state index contributed by atoms with van der Waals surface area (Å²) in [4.78, 5) is 15.0. The highest BCUT2D eigenvalue weighted by Crippen LogP contribution is 2.35. The SMILES string of the molecule is C=C(C(=O)N(c1ccccc1)c1ccccc1)c1ccc2c(c1)OCO2. The van der Waals surface area contributed by atoms with Gasteiger partial charge in [-0.3, -0.25) is 9.69 Å². The minimum atomic E-state index is -0.193. The lowest BCUT2D eigenvalue weighted by Crippen LogP contribution is -2.26. The van der Waals surface area contributed by atoms with Crippen molar-refractivity contribution in [3.05, 3.63) is 91.0 Å². The van der Waals surface area contributed by atoms with Crippen molar-refractivity contribution in [2.75, 3.05) is 11.7 Å². The van der Waals surface area contributed by atoms with Crippen LogP contribution in [0.5, 0.6) is 11.5 Å². The van der Waals surface area contributed by atoms with Gasteiger partial charge in [0.2, 0.25) is 6.79 Å². The fourth-order valence-corrected chi connectivity index (χ4v) is 2.88. The first-order chi connectivity index (χ1) is 12.7. The van der Waals surface area contributed by atoms with Crippen molar-refractivity contribution in [2.24, 2.45) is 0 Å². The van der Waals surface area contributed by atoms with Gasteiger partial charge in [0.1, 0.15) is 0 Å². The fourth-order valence-electron chi connectivity index (χ4n) is 2.88. The summed E-state index contributed by atoms with van der Waals surface area (Å²) in [6, 6.07) is 24.5. The molecule has 4 rings (SSSR count). The number of ether oxygens (including phenoxy) is 2. The summed E-state index contributed by atoms with van der Waals surface area (Å²) in [5.74, 6) is 1.11. The lowest BCUT2D eigenvalue weighted by atomic mass is 10.0. The Morgan fingerprint density at radius 2 is 1.38 bits per heavy atom. The highest BCUT2D eigenvalue weighted by molar-refractivity contribution is 6.28. The van der Waals surface area contributed by atoms with Gasteiger partial charge in [0.15, 0.2) is 11.5 Å². The Morgan fingerprint density at radius 1 is 0.808 bits per heavy atom. The smallest absolute Gasteiger partial charge is 0.262 e. The van der Waals surface area contributed by atoms with Crippen molar-refractivity contribution in [3.63, 3.8) is 0 Å². The molecule has 26 heavy (non-hydrogen) atoms. The Morgan fingerprint density at radius 3 is 2.00 bits per heavy atom.